The van der Waals surface area contributed by atoms with Crippen molar-refractivity contribution in [2.75, 3.05) is 26.3 Å². The largest absolute Gasteiger partial charge is 0.379 e. The molecule has 1 N–H and O–H groups in total. The van der Waals surface area contributed by atoms with Crippen LogP contribution in [-0.2, 0) is 17.7 Å². The minimum Gasteiger partial charge on any atom is -0.379 e. The van der Waals surface area contributed by atoms with Crippen LogP contribution in [0, 0.1) is 25.7 Å². The molecule has 0 bridgehead atoms. The van der Waals surface area contributed by atoms with Gasteiger partial charge in [-0.25, -0.2) is 4.79 Å². The van der Waals surface area contributed by atoms with Gasteiger partial charge in [-0.05, 0) is 61.2 Å². The Bertz CT molecular complexity index is 1170. The molecule has 0 spiro atoms. The van der Waals surface area contributed by atoms with E-state index in [1.807, 2.05) is 19.1 Å². The van der Waals surface area contributed by atoms with Crippen molar-refractivity contribution in [1.29, 1.82) is 0 Å². The van der Waals surface area contributed by atoms with Gasteiger partial charge in [0.05, 0.1) is 24.6 Å². The standard InChI is InChI=1S/C26H29N3O2/c1-4-5-6-22-16-24(20(3)15-19(22)2)25-17-27-26(30)29(25)23-9-7-21(8-10-23)18-28-11-13-31-14-12-28/h7-10,15-17H,6,11-14,18H2,1-3H3,(H,27,30). The summed E-state index contributed by atoms with van der Waals surface area (Å²) in [6.07, 6.45) is 2.51. The van der Waals surface area contributed by atoms with Crippen molar-refractivity contribution in [3.8, 4) is 28.8 Å². The Hall–Kier alpha value is -3.07. The molecule has 4 rings (SSSR count). The van der Waals surface area contributed by atoms with Crippen LogP contribution in [0.1, 0.15) is 29.2 Å². The Morgan fingerprint density at radius 1 is 1.06 bits per heavy atom. The maximum Gasteiger partial charge on any atom is 0.330 e. The summed E-state index contributed by atoms with van der Waals surface area (Å²) in [5.41, 5.74) is 7.44. The second-order valence-corrected chi connectivity index (χ2v) is 8.07. The van der Waals surface area contributed by atoms with Crippen molar-refractivity contribution >= 4 is 0 Å². The summed E-state index contributed by atoms with van der Waals surface area (Å²) in [6, 6.07) is 12.6. The molecular formula is C26H29N3O2. The van der Waals surface area contributed by atoms with Crippen molar-refractivity contribution in [2.24, 2.45) is 0 Å². The smallest absolute Gasteiger partial charge is 0.330 e. The molecule has 1 aliphatic rings. The summed E-state index contributed by atoms with van der Waals surface area (Å²) in [6.45, 7) is 10.5. The number of imidazole rings is 1. The predicted octanol–water partition coefficient (Wildman–Crippen LogP) is 3.85. The Balaban J connectivity index is 1.67. The molecule has 2 heterocycles. The van der Waals surface area contributed by atoms with E-state index in [4.69, 9.17) is 4.74 Å². The molecule has 0 radical (unpaired) electrons. The predicted molar refractivity (Wildman–Crippen MR) is 125 cm³/mol. The number of hydrogen-bond donors (Lipinski definition) is 1. The zero-order valence-electron chi connectivity index (χ0n) is 18.5. The SMILES string of the molecule is CC#CCc1cc(-c2c[nH]c(=O)n2-c2ccc(CN3CCOCC3)cc2)c(C)cc1C. The summed E-state index contributed by atoms with van der Waals surface area (Å²) >= 11 is 0. The molecule has 0 saturated carbocycles. The van der Waals surface area contributed by atoms with Crippen LogP contribution in [0.15, 0.2) is 47.4 Å². The van der Waals surface area contributed by atoms with Crippen LogP contribution in [-0.4, -0.2) is 40.8 Å². The minimum atomic E-state index is -0.134. The fourth-order valence-corrected chi connectivity index (χ4v) is 4.14. The molecule has 2 aromatic carbocycles. The van der Waals surface area contributed by atoms with Crippen LogP contribution in [0.3, 0.4) is 0 Å². The molecule has 31 heavy (non-hydrogen) atoms. The fourth-order valence-electron chi connectivity index (χ4n) is 4.14. The van der Waals surface area contributed by atoms with E-state index in [0.29, 0.717) is 6.42 Å². The van der Waals surface area contributed by atoms with Gasteiger partial charge in [-0.1, -0.05) is 24.1 Å². The topological polar surface area (TPSA) is 50.3 Å². The molecule has 1 aromatic heterocycles. The van der Waals surface area contributed by atoms with Crippen LogP contribution < -0.4 is 5.69 Å². The second kappa shape index (κ2) is 9.38. The van der Waals surface area contributed by atoms with Gasteiger partial charge in [0.25, 0.3) is 0 Å². The van der Waals surface area contributed by atoms with Crippen molar-refractivity contribution in [3.05, 3.63) is 75.3 Å². The summed E-state index contributed by atoms with van der Waals surface area (Å²) < 4.78 is 7.19. The number of rotatable bonds is 5. The Morgan fingerprint density at radius 2 is 1.81 bits per heavy atom. The van der Waals surface area contributed by atoms with Gasteiger partial charge < -0.3 is 9.72 Å². The lowest BCUT2D eigenvalue weighted by Crippen LogP contribution is -2.35. The molecule has 0 unspecified atom stereocenters. The van der Waals surface area contributed by atoms with Crippen molar-refractivity contribution in [1.82, 2.24) is 14.5 Å². The zero-order valence-corrected chi connectivity index (χ0v) is 18.5. The highest BCUT2D eigenvalue weighted by Gasteiger charge is 2.15. The molecule has 1 saturated heterocycles. The highest BCUT2D eigenvalue weighted by Crippen LogP contribution is 2.28. The third-order valence-electron chi connectivity index (χ3n) is 5.90. The first-order valence-electron chi connectivity index (χ1n) is 10.8. The van der Waals surface area contributed by atoms with E-state index in [-0.39, 0.29) is 5.69 Å². The van der Waals surface area contributed by atoms with E-state index in [0.717, 1.165) is 55.4 Å². The van der Waals surface area contributed by atoms with E-state index in [1.165, 1.54) is 16.7 Å². The highest BCUT2D eigenvalue weighted by molar-refractivity contribution is 5.67. The molecule has 0 atom stereocenters. The molecule has 160 valence electrons. The van der Waals surface area contributed by atoms with E-state index < -0.39 is 0 Å². The van der Waals surface area contributed by atoms with Gasteiger partial charge in [-0.15, -0.1) is 5.92 Å². The maximum absolute atomic E-state index is 12.7. The third kappa shape index (κ3) is 4.66. The zero-order chi connectivity index (χ0) is 21.8. The number of aromatic nitrogens is 2. The Morgan fingerprint density at radius 3 is 2.52 bits per heavy atom. The van der Waals surface area contributed by atoms with Gasteiger partial charge in [-0.3, -0.25) is 9.47 Å². The number of nitrogens with one attached hydrogen (secondary N) is 1. The number of nitrogens with zero attached hydrogens (tertiary/aromatic N) is 2. The second-order valence-electron chi connectivity index (χ2n) is 8.07. The Kier molecular flexibility index (Phi) is 6.41. The van der Waals surface area contributed by atoms with E-state index in [9.17, 15) is 4.79 Å². The van der Waals surface area contributed by atoms with Crippen molar-refractivity contribution < 1.29 is 4.74 Å². The number of H-pyrrole nitrogens is 1. The number of morpholine rings is 1. The number of aryl methyl sites for hydroxylation is 2. The molecule has 5 nitrogen and oxygen atoms in total. The van der Waals surface area contributed by atoms with Crippen LogP contribution in [0.5, 0.6) is 0 Å². The van der Waals surface area contributed by atoms with Gasteiger partial charge in [0.2, 0.25) is 0 Å². The average Bonchev–Trinajstić information content (AvgIpc) is 3.15. The lowest BCUT2D eigenvalue weighted by atomic mass is 9.96. The van der Waals surface area contributed by atoms with E-state index in [2.05, 4.69) is 59.8 Å². The summed E-state index contributed by atoms with van der Waals surface area (Å²) in [5.74, 6) is 6.13. The minimum absolute atomic E-state index is 0.134. The van der Waals surface area contributed by atoms with Crippen LogP contribution in [0.4, 0.5) is 0 Å². The maximum atomic E-state index is 12.7. The number of benzene rings is 2. The molecule has 1 fully saturated rings. The summed E-state index contributed by atoms with van der Waals surface area (Å²) in [5, 5.41) is 0. The molecule has 0 aliphatic carbocycles. The van der Waals surface area contributed by atoms with Gasteiger partial charge in [0.1, 0.15) is 0 Å². The molecule has 5 heteroatoms. The average molecular weight is 416 g/mol. The number of hydrogen-bond acceptors (Lipinski definition) is 3. The van der Waals surface area contributed by atoms with Gasteiger partial charge in [0, 0.05) is 37.8 Å². The van der Waals surface area contributed by atoms with Gasteiger partial charge >= 0.3 is 5.69 Å². The summed E-state index contributed by atoms with van der Waals surface area (Å²) in [7, 11) is 0. The quantitative estimate of drug-likeness (QED) is 0.644. The monoisotopic (exact) mass is 415 g/mol. The Labute approximate surface area is 183 Å². The normalized spacial score (nSPS) is 14.3. The fraction of sp³-hybridized carbons (Fsp3) is 0.346. The lowest BCUT2D eigenvalue weighted by molar-refractivity contribution is 0.0342. The van der Waals surface area contributed by atoms with E-state index >= 15 is 0 Å². The number of ether oxygens (including phenoxy) is 1. The molecular weight excluding hydrogens is 386 g/mol. The molecule has 3 aromatic rings. The highest BCUT2D eigenvalue weighted by atomic mass is 16.5. The van der Waals surface area contributed by atoms with Crippen molar-refractivity contribution in [2.45, 2.75) is 33.7 Å². The van der Waals surface area contributed by atoms with Gasteiger partial charge in [-0.2, -0.15) is 0 Å². The first kappa shape index (κ1) is 21.2. The van der Waals surface area contributed by atoms with Gasteiger partial charge in [0.15, 0.2) is 0 Å². The van der Waals surface area contributed by atoms with Crippen LogP contribution in [0.25, 0.3) is 16.9 Å². The molecule has 1 aliphatic heterocycles. The van der Waals surface area contributed by atoms with E-state index in [1.54, 1.807) is 10.8 Å². The molecule has 0 amide bonds. The number of aromatic amines is 1. The third-order valence-corrected chi connectivity index (χ3v) is 5.90. The van der Waals surface area contributed by atoms with Crippen molar-refractivity contribution in [3.63, 3.8) is 0 Å². The first-order chi connectivity index (χ1) is 15.1. The first-order valence-corrected chi connectivity index (χ1v) is 10.8. The van der Waals surface area contributed by atoms with Crippen LogP contribution >= 0.6 is 0 Å². The summed E-state index contributed by atoms with van der Waals surface area (Å²) in [4.78, 5) is 18.0. The lowest BCUT2D eigenvalue weighted by Gasteiger charge is -2.26. The van der Waals surface area contributed by atoms with Crippen LogP contribution in [0.2, 0.25) is 0 Å².